The van der Waals surface area contributed by atoms with Crippen molar-refractivity contribution in [3.05, 3.63) is 45.3 Å². The first-order chi connectivity index (χ1) is 11.4. The summed E-state index contributed by atoms with van der Waals surface area (Å²) in [4.78, 5) is 14.4. The number of aryl methyl sites for hydroxylation is 2. The summed E-state index contributed by atoms with van der Waals surface area (Å²) >= 11 is 0. The third-order valence-electron chi connectivity index (χ3n) is 5.76. The van der Waals surface area contributed by atoms with Crippen molar-refractivity contribution in [1.82, 2.24) is 4.90 Å². The van der Waals surface area contributed by atoms with Crippen LogP contribution in [-0.2, 0) is 6.54 Å². The molecule has 1 N–H and O–H groups in total. The molecule has 1 aliphatic carbocycles. The molecule has 1 saturated carbocycles. The molecular formula is C20H25NO3. The summed E-state index contributed by atoms with van der Waals surface area (Å²) in [6, 6.07) is 5.80. The molecule has 1 saturated heterocycles. The lowest BCUT2D eigenvalue weighted by Crippen LogP contribution is -2.38. The maximum atomic E-state index is 12.0. The SMILES string of the molecule is Cc1cc(C)c2oc(=O)cc(CN3CCC(C4(O)CC4)CC3)c2c1. The van der Waals surface area contributed by atoms with Crippen LogP contribution in [0.2, 0.25) is 0 Å². The van der Waals surface area contributed by atoms with Gasteiger partial charge in [-0.15, -0.1) is 0 Å². The first kappa shape index (κ1) is 15.9. The Labute approximate surface area is 142 Å². The van der Waals surface area contributed by atoms with E-state index >= 15 is 0 Å². The first-order valence-electron chi connectivity index (χ1n) is 8.93. The second-order valence-electron chi connectivity index (χ2n) is 7.70. The molecular weight excluding hydrogens is 302 g/mol. The van der Waals surface area contributed by atoms with Gasteiger partial charge in [0.05, 0.1) is 5.60 Å². The molecule has 128 valence electrons. The Bertz CT molecular complexity index is 827. The van der Waals surface area contributed by atoms with Crippen molar-refractivity contribution in [2.24, 2.45) is 5.92 Å². The molecule has 2 heterocycles. The Hall–Kier alpha value is -1.65. The Kier molecular flexibility index (Phi) is 3.77. The van der Waals surface area contributed by atoms with Crippen LogP contribution in [0.5, 0.6) is 0 Å². The lowest BCUT2D eigenvalue weighted by molar-refractivity contribution is 0.0376. The molecule has 24 heavy (non-hydrogen) atoms. The zero-order chi connectivity index (χ0) is 16.9. The number of benzene rings is 1. The van der Waals surface area contributed by atoms with Gasteiger partial charge in [0.2, 0.25) is 0 Å². The van der Waals surface area contributed by atoms with Crippen LogP contribution in [0.3, 0.4) is 0 Å². The molecule has 1 aromatic carbocycles. The zero-order valence-electron chi connectivity index (χ0n) is 14.5. The third kappa shape index (κ3) is 2.89. The van der Waals surface area contributed by atoms with E-state index in [-0.39, 0.29) is 11.2 Å². The average Bonchev–Trinajstić information content (AvgIpc) is 3.28. The van der Waals surface area contributed by atoms with Gasteiger partial charge in [0.15, 0.2) is 0 Å². The van der Waals surface area contributed by atoms with Gasteiger partial charge in [0.1, 0.15) is 5.58 Å². The second-order valence-corrected chi connectivity index (χ2v) is 7.70. The van der Waals surface area contributed by atoms with Crippen LogP contribution in [0.15, 0.2) is 27.4 Å². The van der Waals surface area contributed by atoms with E-state index in [0.29, 0.717) is 11.5 Å². The van der Waals surface area contributed by atoms with E-state index in [1.165, 1.54) is 5.56 Å². The topological polar surface area (TPSA) is 53.7 Å². The summed E-state index contributed by atoms with van der Waals surface area (Å²) in [6.45, 7) is 6.81. The monoisotopic (exact) mass is 327 g/mol. The van der Waals surface area contributed by atoms with Crippen LogP contribution in [0.25, 0.3) is 11.0 Å². The molecule has 4 nitrogen and oxygen atoms in total. The highest BCUT2D eigenvalue weighted by molar-refractivity contribution is 5.83. The van der Waals surface area contributed by atoms with Crippen LogP contribution in [-0.4, -0.2) is 28.7 Å². The lowest BCUT2D eigenvalue weighted by Gasteiger charge is -2.34. The van der Waals surface area contributed by atoms with Crippen molar-refractivity contribution >= 4 is 11.0 Å². The number of hydrogen-bond donors (Lipinski definition) is 1. The summed E-state index contributed by atoms with van der Waals surface area (Å²) in [5, 5.41) is 11.3. The number of aliphatic hydroxyl groups is 1. The third-order valence-corrected chi connectivity index (χ3v) is 5.76. The van der Waals surface area contributed by atoms with Gasteiger partial charge in [-0.1, -0.05) is 6.07 Å². The Morgan fingerprint density at radius 2 is 1.92 bits per heavy atom. The summed E-state index contributed by atoms with van der Waals surface area (Å²) in [5.74, 6) is 0.454. The quantitative estimate of drug-likeness (QED) is 0.880. The fourth-order valence-electron chi connectivity index (χ4n) is 4.21. The van der Waals surface area contributed by atoms with Crippen molar-refractivity contribution < 1.29 is 9.52 Å². The maximum Gasteiger partial charge on any atom is 0.336 e. The van der Waals surface area contributed by atoms with Gasteiger partial charge >= 0.3 is 5.63 Å². The van der Waals surface area contributed by atoms with Gasteiger partial charge in [0, 0.05) is 18.0 Å². The predicted molar refractivity (Wildman–Crippen MR) is 94.1 cm³/mol. The van der Waals surface area contributed by atoms with Crippen molar-refractivity contribution in [1.29, 1.82) is 0 Å². The molecule has 1 aromatic heterocycles. The van der Waals surface area contributed by atoms with E-state index in [0.717, 1.165) is 61.8 Å². The predicted octanol–water partition coefficient (Wildman–Crippen LogP) is 3.15. The smallest absolute Gasteiger partial charge is 0.336 e. The van der Waals surface area contributed by atoms with E-state index in [4.69, 9.17) is 4.42 Å². The van der Waals surface area contributed by atoms with E-state index < -0.39 is 0 Å². The molecule has 4 heteroatoms. The minimum Gasteiger partial charge on any atom is -0.422 e. The number of hydrogen-bond acceptors (Lipinski definition) is 4. The Morgan fingerprint density at radius 1 is 1.21 bits per heavy atom. The van der Waals surface area contributed by atoms with E-state index in [9.17, 15) is 9.90 Å². The fraction of sp³-hybridized carbons (Fsp3) is 0.550. The second kappa shape index (κ2) is 5.71. The molecule has 4 rings (SSSR count). The summed E-state index contributed by atoms with van der Waals surface area (Å²) in [7, 11) is 0. The zero-order valence-corrected chi connectivity index (χ0v) is 14.5. The van der Waals surface area contributed by atoms with Crippen LogP contribution in [0.1, 0.15) is 42.4 Å². The molecule has 2 fully saturated rings. The number of nitrogens with zero attached hydrogens (tertiary/aromatic N) is 1. The van der Waals surface area contributed by atoms with Crippen LogP contribution in [0.4, 0.5) is 0 Å². The number of likely N-dealkylation sites (tertiary alicyclic amines) is 1. The van der Waals surface area contributed by atoms with Crippen molar-refractivity contribution in [2.45, 2.75) is 51.7 Å². The summed E-state index contributed by atoms with van der Waals surface area (Å²) in [5.41, 5.74) is 3.33. The highest BCUT2D eigenvalue weighted by Crippen LogP contribution is 2.46. The van der Waals surface area contributed by atoms with Gasteiger partial charge in [0.25, 0.3) is 0 Å². The highest BCUT2D eigenvalue weighted by atomic mass is 16.4. The number of rotatable bonds is 3. The fourth-order valence-corrected chi connectivity index (χ4v) is 4.21. The molecule has 0 radical (unpaired) electrons. The van der Waals surface area contributed by atoms with Crippen LogP contribution in [0, 0.1) is 19.8 Å². The lowest BCUT2D eigenvalue weighted by atomic mass is 9.89. The molecule has 0 amide bonds. The van der Waals surface area contributed by atoms with E-state index in [1.54, 1.807) is 6.07 Å². The standard InChI is InChI=1S/C20H25NO3/c1-13-9-14(2)19-17(10-13)15(11-18(22)24-19)12-21-7-3-16(4-8-21)20(23)5-6-20/h9-11,16,23H,3-8,12H2,1-2H3. The Morgan fingerprint density at radius 3 is 2.58 bits per heavy atom. The van der Waals surface area contributed by atoms with Gasteiger partial charge in [-0.2, -0.15) is 0 Å². The molecule has 2 aliphatic rings. The highest BCUT2D eigenvalue weighted by Gasteiger charge is 2.48. The minimum atomic E-state index is -0.360. The summed E-state index contributed by atoms with van der Waals surface area (Å²) < 4.78 is 5.44. The van der Waals surface area contributed by atoms with Crippen molar-refractivity contribution in [2.75, 3.05) is 13.1 Å². The van der Waals surface area contributed by atoms with Gasteiger partial charge in [-0.05, 0) is 81.3 Å². The van der Waals surface area contributed by atoms with Gasteiger partial charge in [-0.3, -0.25) is 4.90 Å². The van der Waals surface area contributed by atoms with Gasteiger partial charge < -0.3 is 9.52 Å². The van der Waals surface area contributed by atoms with E-state index in [2.05, 4.69) is 24.0 Å². The van der Waals surface area contributed by atoms with Crippen LogP contribution < -0.4 is 5.63 Å². The molecule has 0 unspecified atom stereocenters. The van der Waals surface area contributed by atoms with Crippen molar-refractivity contribution in [3.8, 4) is 0 Å². The van der Waals surface area contributed by atoms with E-state index in [1.807, 2.05) is 6.92 Å². The minimum absolute atomic E-state index is 0.272. The summed E-state index contributed by atoms with van der Waals surface area (Å²) in [6.07, 6.45) is 4.04. The molecule has 0 atom stereocenters. The van der Waals surface area contributed by atoms with Gasteiger partial charge in [-0.25, -0.2) is 4.79 Å². The van der Waals surface area contributed by atoms with Crippen molar-refractivity contribution in [3.63, 3.8) is 0 Å². The molecule has 0 bridgehead atoms. The molecule has 0 spiro atoms. The number of fused-ring (bicyclic) bond motifs is 1. The largest absolute Gasteiger partial charge is 0.422 e. The molecule has 2 aromatic rings. The normalized spacial score (nSPS) is 21.3. The Balaban J connectivity index is 1.57. The van der Waals surface area contributed by atoms with Crippen LogP contribution >= 0.6 is 0 Å². The average molecular weight is 327 g/mol. The maximum absolute atomic E-state index is 12.0. The number of piperidine rings is 1. The molecule has 1 aliphatic heterocycles. The first-order valence-corrected chi connectivity index (χ1v) is 8.93.